The Labute approximate surface area is 138 Å². The quantitative estimate of drug-likeness (QED) is 0.860. The van der Waals surface area contributed by atoms with Gasteiger partial charge in [-0.3, -0.25) is 9.69 Å². The molecule has 0 unspecified atom stereocenters. The van der Waals surface area contributed by atoms with Crippen molar-refractivity contribution in [3.05, 3.63) is 17.5 Å². The molecule has 0 aromatic carbocycles. The summed E-state index contributed by atoms with van der Waals surface area (Å²) in [6.45, 7) is 7.11. The van der Waals surface area contributed by atoms with Crippen LogP contribution < -0.4 is 0 Å². The van der Waals surface area contributed by atoms with Crippen LogP contribution in [0.5, 0.6) is 0 Å². The van der Waals surface area contributed by atoms with Crippen molar-refractivity contribution >= 4 is 5.91 Å². The van der Waals surface area contributed by atoms with Gasteiger partial charge in [-0.1, -0.05) is 19.0 Å². The second-order valence-corrected chi connectivity index (χ2v) is 7.75. The Kier molecular flexibility index (Phi) is 3.92. The lowest BCUT2D eigenvalue weighted by Crippen LogP contribution is -2.55. The Morgan fingerprint density at radius 3 is 2.78 bits per heavy atom. The van der Waals surface area contributed by atoms with Crippen LogP contribution in [0, 0.1) is 5.92 Å². The van der Waals surface area contributed by atoms with E-state index >= 15 is 0 Å². The highest BCUT2D eigenvalue weighted by Crippen LogP contribution is 2.38. The van der Waals surface area contributed by atoms with Gasteiger partial charge >= 0.3 is 0 Å². The molecular formula is C18H27N3O2. The van der Waals surface area contributed by atoms with Crippen molar-refractivity contribution in [2.75, 3.05) is 19.6 Å². The summed E-state index contributed by atoms with van der Waals surface area (Å²) < 4.78 is 5.30. The molecule has 1 aromatic rings. The van der Waals surface area contributed by atoms with E-state index in [2.05, 4.69) is 23.9 Å². The Hall–Kier alpha value is -1.36. The van der Waals surface area contributed by atoms with Crippen molar-refractivity contribution in [3.8, 4) is 0 Å². The summed E-state index contributed by atoms with van der Waals surface area (Å²) in [6, 6.07) is 3.36. The molecule has 3 heterocycles. The van der Waals surface area contributed by atoms with Crippen LogP contribution in [-0.2, 0) is 0 Å². The van der Waals surface area contributed by atoms with Gasteiger partial charge in [0, 0.05) is 37.2 Å². The number of rotatable bonds is 3. The first-order valence-corrected chi connectivity index (χ1v) is 9.15. The zero-order valence-electron chi connectivity index (χ0n) is 14.2. The number of carbonyl (C=O) groups excluding carboxylic acids is 1. The summed E-state index contributed by atoms with van der Waals surface area (Å²) in [4.78, 5) is 17.5. The van der Waals surface area contributed by atoms with E-state index in [-0.39, 0.29) is 11.8 Å². The number of aromatic nitrogens is 1. The molecule has 1 aliphatic carbocycles. The fourth-order valence-electron chi connectivity index (χ4n) is 4.31. The van der Waals surface area contributed by atoms with Gasteiger partial charge < -0.3 is 9.42 Å². The van der Waals surface area contributed by atoms with Crippen molar-refractivity contribution in [1.29, 1.82) is 0 Å². The molecule has 23 heavy (non-hydrogen) atoms. The van der Waals surface area contributed by atoms with E-state index in [4.69, 9.17) is 4.52 Å². The monoisotopic (exact) mass is 317 g/mol. The van der Waals surface area contributed by atoms with E-state index in [1.807, 2.05) is 11.0 Å². The van der Waals surface area contributed by atoms with Crippen molar-refractivity contribution in [2.45, 2.75) is 64.0 Å². The smallest absolute Gasteiger partial charge is 0.276 e. The van der Waals surface area contributed by atoms with Crippen molar-refractivity contribution < 1.29 is 9.32 Å². The molecule has 1 aromatic heterocycles. The number of nitrogens with zero attached hydrogens (tertiary/aromatic N) is 3. The van der Waals surface area contributed by atoms with Crippen LogP contribution in [0.3, 0.4) is 0 Å². The first-order chi connectivity index (χ1) is 11.1. The fourth-order valence-corrected chi connectivity index (χ4v) is 4.31. The summed E-state index contributed by atoms with van der Waals surface area (Å²) in [5, 5.41) is 3.99. The van der Waals surface area contributed by atoms with E-state index in [0.29, 0.717) is 17.7 Å². The molecule has 3 fully saturated rings. The Bertz CT molecular complexity index is 579. The molecule has 0 spiro atoms. The fraction of sp³-hybridized carbons (Fsp3) is 0.778. The number of fused-ring (bicyclic) bond motifs is 1. The van der Waals surface area contributed by atoms with Crippen molar-refractivity contribution in [2.24, 2.45) is 5.92 Å². The molecule has 2 atom stereocenters. The van der Waals surface area contributed by atoms with Crippen LogP contribution in [0.4, 0.5) is 0 Å². The lowest BCUT2D eigenvalue weighted by atomic mass is 9.83. The molecule has 2 saturated heterocycles. The predicted octanol–water partition coefficient (Wildman–Crippen LogP) is 2.89. The van der Waals surface area contributed by atoms with Crippen molar-refractivity contribution in [1.82, 2.24) is 15.0 Å². The van der Waals surface area contributed by atoms with Crippen LogP contribution in [0.2, 0.25) is 0 Å². The molecule has 1 saturated carbocycles. The van der Waals surface area contributed by atoms with Gasteiger partial charge in [0.25, 0.3) is 5.91 Å². The van der Waals surface area contributed by atoms with Gasteiger partial charge in [0.05, 0.1) is 0 Å². The molecule has 1 amide bonds. The summed E-state index contributed by atoms with van der Waals surface area (Å²) in [5.41, 5.74) is 0.474. The number of carbonyl (C=O) groups is 1. The van der Waals surface area contributed by atoms with Crippen LogP contribution >= 0.6 is 0 Å². The third kappa shape index (κ3) is 2.91. The molecule has 0 bridgehead atoms. The third-order valence-electron chi connectivity index (χ3n) is 5.73. The second-order valence-electron chi connectivity index (χ2n) is 7.75. The molecule has 0 N–H and O–H groups in total. The van der Waals surface area contributed by atoms with Gasteiger partial charge in [0.2, 0.25) is 0 Å². The first kappa shape index (κ1) is 15.2. The van der Waals surface area contributed by atoms with Crippen LogP contribution in [0.1, 0.15) is 68.1 Å². The lowest BCUT2D eigenvalue weighted by Gasteiger charge is -2.47. The SMILES string of the molecule is CC(C)c1cc(C(=O)N2CC[C@H]3[C@H](CCCN3C3CC3)C2)no1. The summed E-state index contributed by atoms with van der Waals surface area (Å²) >= 11 is 0. The van der Waals surface area contributed by atoms with E-state index in [9.17, 15) is 4.79 Å². The van der Waals surface area contributed by atoms with Gasteiger partial charge in [-0.2, -0.15) is 0 Å². The maximum Gasteiger partial charge on any atom is 0.276 e. The normalized spacial score (nSPS) is 28.9. The average Bonchev–Trinajstić information content (AvgIpc) is 3.28. The van der Waals surface area contributed by atoms with Crippen LogP contribution in [0.15, 0.2) is 10.6 Å². The standard InChI is InChI=1S/C18H27N3O2/c1-12(2)17-10-15(19-23-17)18(22)20-9-7-16-13(11-20)4-3-8-21(16)14-5-6-14/h10,12-14,16H,3-9,11H2,1-2H3/t13-,16+/m1/s1. The number of hydrogen-bond acceptors (Lipinski definition) is 4. The predicted molar refractivity (Wildman–Crippen MR) is 87.4 cm³/mol. The molecule has 0 radical (unpaired) electrons. The molecule has 5 nitrogen and oxygen atoms in total. The van der Waals surface area contributed by atoms with Gasteiger partial charge in [-0.25, -0.2) is 0 Å². The minimum absolute atomic E-state index is 0.0441. The van der Waals surface area contributed by atoms with E-state index in [0.717, 1.165) is 31.3 Å². The van der Waals surface area contributed by atoms with Gasteiger partial charge in [-0.15, -0.1) is 0 Å². The first-order valence-electron chi connectivity index (χ1n) is 9.15. The van der Waals surface area contributed by atoms with Crippen LogP contribution in [-0.4, -0.2) is 52.6 Å². The molecule has 126 valence electrons. The number of amides is 1. The highest BCUT2D eigenvalue weighted by atomic mass is 16.5. The topological polar surface area (TPSA) is 49.6 Å². The minimum atomic E-state index is 0.0441. The third-order valence-corrected chi connectivity index (χ3v) is 5.73. The number of piperidine rings is 2. The van der Waals surface area contributed by atoms with E-state index < -0.39 is 0 Å². The Balaban J connectivity index is 1.43. The average molecular weight is 317 g/mol. The summed E-state index contributed by atoms with van der Waals surface area (Å²) in [6.07, 6.45) is 6.41. The Morgan fingerprint density at radius 2 is 2.09 bits per heavy atom. The lowest BCUT2D eigenvalue weighted by molar-refractivity contribution is 0.0170. The Morgan fingerprint density at radius 1 is 1.26 bits per heavy atom. The van der Waals surface area contributed by atoms with Crippen molar-refractivity contribution in [3.63, 3.8) is 0 Å². The zero-order chi connectivity index (χ0) is 16.0. The molecule has 4 rings (SSSR count). The van der Waals surface area contributed by atoms with E-state index in [1.54, 1.807) is 0 Å². The maximum absolute atomic E-state index is 12.7. The minimum Gasteiger partial charge on any atom is -0.360 e. The number of hydrogen-bond donors (Lipinski definition) is 0. The second kappa shape index (κ2) is 5.93. The zero-order valence-corrected chi connectivity index (χ0v) is 14.2. The highest BCUT2D eigenvalue weighted by molar-refractivity contribution is 5.92. The van der Waals surface area contributed by atoms with Gasteiger partial charge in [-0.05, 0) is 44.6 Å². The molecule has 2 aliphatic heterocycles. The summed E-state index contributed by atoms with van der Waals surface area (Å²) in [5.74, 6) is 1.74. The van der Waals surface area contributed by atoms with E-state index in [1.165, 1.54) is 32.2 Å². The van der Waals surface area contributed by atoms with Gasteiger partial charge in [0.1, 0.15) is 5.76 Å². The van der Waals surface area contributed by atoms with Crippen LogP contribution in [0.25, 0.3) is 0 Å². The summed E-state index contributed by atoms with van der Waals surface area (Å²) in [7, 11) is 0. The molecule has 5 heteroatoms. The largest absolute Gasteiger partial charge is 0.360 e. The van der Waals surface area contributed by atoms with Gasteiger partial charge in [0.15, 0.2) is 5.69 Å². The number of likely N-dealkylation sites (tertiary alicyclic amines) is 2. The molecule has 3 aliphatic rings. The highest BCUT2D eigenvalue weighted by Gasteiger charge is 2.42. The maximum atomic E-state index is 12.7. The molecular weight excluding hydrogens is 290 g/mol.